The van der Waals surface area contributed by atoms with Crippen LogP contribution in [-0.2, 0) is 0 Å². The molecule has 1 aromatic rings. The lowest BCUT2D eigenvalue weighted by Gasteiger charge is -2.26. The molecule has 0 nitrogen and oxygen atoms in total. The van der Waals surface area contributed by atoms with E-state index in [9.17, 15) is 0 Å². The standard InChI is InChI=1S/C18H29Br/c1-11(2)14(7)18(19)16-9-8-15(12(3)4)10-17(16)13(5)6/h8-14,18H,1-7H3. The van der Waals surface area contributed by atoms with Crippen molar-refractivity contribution in [1.29, 1.82) is 0 Å². The molecule has 0 bridgehead atoms. The first kappa shape index (κ1) is 16.8. The lowest BCUT2D eigenvalue weighted by Crippen LogP contribution is -2.13. The monoisotopic (exact) mass is 324 g/mol. The van der Waals surface area contributed by atoms with E-state index in [4.69, 9.17) is 0 Å². The summed E-state index contributed by atoms with van der Waals surface area (Å²) in [6.45, 7) is 16.1. The van der Waals surface area contributed by atoms with Crippen molar-refractivity contribution < 1.29 is 0 Å². The van der Waals surface area contributed by atoms with Crippen molar-refractivity contribution >= 4 is 15.9 Å². The van der Waals surface area contributed by atoms with E-state index < -0.39 is 0 Å². The molecule has 0 N–H and O–H groups in total. The molecule has 0 aliphatic heterocycles. The van der Waals surface area contributed by atoms with Gasteiger partial charge in [-0.3, -0.25) is 0 Å². The van der Waals surface area contributed by atoms with Crippen LogP contribution in [0, 0.1) is 11.8 Å². The molecule has 1 aromatic carbocycles. The third-order valence-corrected chi connectivity index (χ3v) is 5.54. The van der Waals surface area contributed by atoms with Gasteiger partial charge in [0.25, 0.3) is 0 Å². The molecular formula is C18H29Br. The van der Waals surface area contributed by atoms with E-state index in [-0.39, 0.29) is 0 Å². The molecule has 0 saturated carbocycles. The van der Waals surface area contributed by atoms with Crippen molar-refractivity contribution in [1.82, 2.24) is 0 Å². The minimum Gasteiger partial charge on any atom is -0.0836 e. The summed E-state index contributed by atoms with van der Waals surface area (Å²) in [5.74, 6) is 2.51. The van der Waals surface area contributed by atoms with Gasteiger partial charge in [-0.2, -0.15) is 0 Å². The Kier molecular flexibility index (Phi) is 6.11. The highest BCUT2D eigenvalue weighted by Gasteiger charge is 2.22. The summed E-state index contributed by atoms with van der Waals surface area (Å²) in [4.78, 5) is 0.450. The Morgan fingerprint density at radius 1 is 0.789 bits per heavy atom. The Bertz CT molecular complexity index is 404. The predicted octanol–water partition coefficient (Wildman–Crippen LogP) is 6.66. The molecule has 0 spiro atoms. The van der Waals surface area contributed by atoms with Crippen molar-refractivity contribution in [3.63, 3.8) is 0 Å². The SMILES string of the molecule is CC(C)c1ccc(C(Br)C(C)C(C)C)c(C(C)C)c1. The van der Waals surface area contributed by atoms with Crippen molar-refractivity contribution in [2.24, 2.45) is 11.8 Å². The normalized spacial score (nSPS) is 15.3. The Labute approximate surface area is 128 Å². The van der Waals surface area contributed by atoms with E-state index >= 15 is 0 Å². The van der Waals surface area contributed by atoms with Gasteiger partial charge >= 0.3 is 0 Å². The number of halogens is 1. The first-order valence-corrected chi connectivity index (χ1v) is 8.45. The van der Waals surface area contributed by atoms with E-state index in [0.717, 1.165) is 0 Å². The van der Waals surface area contributed by atoms with Gasteiger partial charge in [0, 0.05) is 4.83 Å². The van der Waals surface area contributed by atoms with Crippen molar-refractivity contribution in [3.05, 3.63) is 34.9 Å². The zero-order valence-electron chi connectivity index (χ0n) is 13.5. The largest absolute Gasteiger partial charge is 0.0836 e. The van der Waals surface area contributed by atoms with Crippen LogP contribution < -0.4 is 0 Å². The van der Waals surface area contributed by atoms with Crippen molar-refractivity contribution in [3.8, 4) is 0 Å². The molecule has 0 amide bonds. The highest BCUT2D eigenvalue weighted by Crippen LogP contribution is 2.39. The molecule has 0 aliphatic rings. The maximum Gasteiger partial charge on any atom is 0.0426 e. The number of hydrogen-bond acceptors (Lipinski definition) is 0. The molecule has 0 fully saturated rings. The molecule has 108 valence electrons. The molecule has 0 heterocycles. The molecule has 1 rings (SSSR count). The molecule has 0 aliphatic carbocycles. The quantitative estimate of drug-likeness (QED) is 0.531. The maximum atomic E-state index is 3.93. The maximum absolute atomic E-state index is 3.93. The van der Waals surface area contributed by atoms with Crippen molar-refractivity contribution in [2.75, 3.05) is 0 Å². The molecule has 2 atom stereocenters. The molecule has 0 aromatic heterocycles. The first-order valence-electron chi connectivity index (χ1n) is 7.53. The third-order valence-electron chi connectivity index (χ3n) is 4.21. The minimum atomic E-state index is 0.450. The van der Waals surface area contributed by atoms with Crippen LogP contribution in [0.3, 0.4) is 0 Å². The van der Waals surface area contributed by atoms with E-state index in [2.05, 4.69) is 82.6 Å². The summed E-state index contributed by atoms with van der Waals surface area (Å²) >= 11 is 3.93. The van der Waals surface area contributed by atoms with Gasteiger partial charge in [0.1, 0.15) is 0 Å². The average molecular weight is 325 g/mol. The molecule has 2 unspecified atom stereocenters. The summed E-state index contributed by atoms with van der Waals surface area (Å²) in [5.41, 5.74) is 4.42. The highest BCUT2D eigenvalue weighted by molar-refractivity contribution is 9.09. The summed E-state index contributed by atoms with van der Waals surface area (Å²) in [6, 6.07) is 7.04. The second-order valence-corrected chi connectivity index (χ2v) is 7.69. The highest BCUT2D eigenvalue weighted by atomic mass is 79.9. The van der Waals surface area contributed by atoms with Crippen LogP contribution in [0.15, 0.2) is 18.2 Å². The van der Waals surface area contributed by atoms with Crippen LogP contribution in [0.1, 0.15) is 81.8 Å². The van der Waals surface area contributed by atoms with E-state index in [0.29, 0.717) is 28.5 Å². The summed E-state index contributed by atoms with van der Waals surface area (Å²) < 4.78 is 0. The smallest absolute Gasteiger partial charge is 0.0426 e. The van der Waals surface area contributed by atoms with Gasteiger partial charge < -0.3 is 0 Å². The van der Waals surface area contributed by atoms with Gasteiger partial charge in [0.05, 0.1) is 0 Å². The Morgan fingerprint density at radius 3 is 1.79 bits per heavy atom. The summed E-state index contributed by atoms with van der Waals surface area (Å²) in [7, 11) is 0. The third kappa shape index (κ3) is 4.08. The second-order valence-electron chi connectivity index (χ2n) is 6.70. The lowest BCUT2D eigenvalue weighted by atomic mass is 9.84. The summed E-state index contributed by atoms with van der Waals surface area (Å²) in [6.07, 6.45) is 0. The Morgan fingerprint density at radius 2 is 1.37 bits per heavy atom. The zero-order valence-corrected chi connectivity index (χ0v) is 15.1. The van der Waals surface area contributed by atoms with Crippen LogP contribution in [0.4, 0.5) is 0 Å². The second kappa shape index (κ2) is 6.92. The number of hydrogen-bond donors (Lipinski definition) is 0. The van der Waals surface area contributed by atoms with Gasteiger partial charge in [-0.15, -0.1) is 0 Å². The molecular weight excluding hydrogens is 296 g/mol. The van der Waals surface area contributed by atoms with Crippen LogP contribution in [0.25, 0.3) is 0 Å². The van der Waals surface area contributed by atoms with Gasteiger partial charge in [-0.1, -0.05) is 82.6 Å². The van der Waals surface area contributed by atoms with E-state index in [1.165, 1.54) is 16.7 Å². The fourth-order valence-corrected chi connectivity index (χ4v) is 3.35. The topological polar surface area (TPSA) is 0 Å². The van der Waals surface area contributed by atoms with Crippen LogP contribution >= 0.6 is 15.9 Å². The van der Waals surface area contributed by atoms with Gasteiger partial charge in [0.15, 0.2) is 0 Å². The Balaban J connectivity index is 3.20. The van der Waals surface area contributed by atoms with Crippen LogP contribution in [0.2, 0.25) is 0 Å². The van der Waals surface area contributed by atoms with E-state index in [1.54, 1.807) is 0 Å². The van der Waals surface area contributed by atoms with E-state index in [1.807, 2.05) is 0 Å². The van der Waals surface area contributed by atoms with Gasteiger partial charge in [-0.25, -0.2) is 0 Å². The Hall–Kier alpha value is -0.300. The average Bonchev–Trinajstić information content (AvgIpc) is 2.35. The fourth-order valence-electron chi connectivity index (χ4n) is 2.32. The molecule has 0 radical (unpaired) electrons. The summed E-state index contributed by atoms with van der Waals surface area (Å²) in [5, 5.41) is 0. The van der Waals surface area contributed by atoms with Crippen LogP contribution in [0.5, 0.6) is 0 Å². The van der Waals surface area contributed by atoms with Crippen LogP contribution in [-0.4, -0.2) is 0 Å². The zero-order chi connectivity index (χ0) is 14.7. The minimum absolute atomic E-state index is 0.450. The number of benzene rings is 1. The number of rotatable bonds is 5. The van der Waals surface area contributed by atoms with Gasteiger partial charge in [-0.05, 0) is 40.4 Å². The molecule has 0 saturated heterocycles. The predicted molar refractivity (Wildman–Crippen MR) is 90.3 cm³/mol. The van der Waals surface area contributed by atoms with Crippen molar-refractivity contribution in [2.45, 2.75) is 65.1 Å². The first-order chi connectivity index (χ1) is 8.75. The number of alkyl halides is 1. The van der Waals surface area contributed by atoms with Gasteiger partial charge in [0.2, 0.25) is 0 Å². The molecule has 19 heavy (non-hydrogen) atoms. The fraction of sp³-hybridized carbons (Fsp3) is 0.667. The molecule has 1 heteroatoms. The lowest BCUT2D eigenvalue weighted by molar-refractivity contribution is 0.413.